The molecule has 2 aromatic carbocycles. The van der Waals surface area contributed by atoms with E-state index in [-0.39, 0.29) is 17.2 Å². The third kappa shape index (κ3) is 2.05. The summed E-state index contributed by atoms with van der Waals surface area (Å²) in [5, 5.41) is 10.6. The molecule has 0 saturated heterocycles. The normalized spacial score (nSPS) is 15.0. The van der Waals surface area contributed by atoms with Gasteiger partial charge in [0.05, 0.1) is 10.5 Å². The van der Waals surface area contributed by atoms with Crippen LogP contribution in [-0.4, -0.2) is 10.7 Å². The highest BCUT2D eigenvalue weighted by Gasteiger charge is 2.26. The maximum Gasteiger partial charge on any atom is 0.269 e. The van der Waals surface area contributed by atoms with Crippen LogP contribution in [0.15, 0.2) is 54.3 Å². The second-order valence-electron chi connectivity index (χ2n) is 4.28. The average Bonchev–Trinajstić information content (AvgIpc) is 2.77. The lowest BCUT2D eigenvalue weighted by Gasteiger charge is -1.98. The van der Waals surface area contributed by atoms with E-state index in [1.165, 1.54) is 12.1 Å². The molecule has 0 radical (unpaired) electrons. The highest BCUT2D eigenvalue weighted by molar-refractivity contribution is 6.14. The summed E-state index contributed by atoms with van der Waals surface area (Å²) >= 11 is 0. The molecular formula is C15H9NO4. The topological polar surface area (TPSA) is 69.4 Å². The van der Waals surface area contributed by atoms with Gasteiger partial charge >= 0.3 is 0 Å². The van der Waals surface area contributed by atoms with Crippen molar-refractivity contribution in [3.63, 3.8) is 0 Å². The Labute approximate surface area is 114 Å². The second kappa shape index (κ2) is 4.62. The van der Waals surface area contributed by atoms with Crippen LogP contribution in [0.1, 0.15) is 15.9 Å². The maximum absolute atomic E-state index is 12.1. The molecule has 0 saturated carbocycles. The third-order valence-corrected chi connectivity index (χ3v) is 2.98. The number of hydrogen-bond donors (Lipinski definition) is 0. The molecule has 5 heteroatoms. The Morgan fingerprint density at radius 2 is 1.75 bits per heavy atom. The van der Waals surface area contributed by atoms with Crippen molar-refractivity contribution in [3.8, 4) is 5.75 Å². The lowest BCUT2D eigenvalue weighted by Crippen LogP contribution is -1.98. The number of benzene rings is 2. The van der Waals surface area contributed by atoms with Crippen LogP contribution in [0.5, 0.6) is 5.75 Å². The predicted octanol–water partition coefficient (Wildman–Crippen LogP) is 3.21. The van der Waals surface area contributed by atoms with Crippen molar-refractivity contribution >= 4 is 17.5 Å². The molecule has 0 aromatic heterocycles. The Morgan fingerprint density at radius 1 is 1.05 bits per heavy atom. The summed E-state index contributed by atoms with van der Waals surface area (Å²) in [5.74, 6) is 0.574. The standard InChI is InChI=1S/C15H9NO4/c17-15-12-3-1-2-4-13(12)20-14(15)9-10-5-7-11(8-6-10)16(18)19/h1-9H. The lowest BCUT2D eigenvalue weighted by molar-refractivity contribution is -0.384. The number of ketones is 1. The summed E-state index contributed by atoms with van der Waals surface area (Å²) in [5.41, 5.74) is 1.21. The summed E-state index contributed by atoms with van der Waals surface area (Å²) < 4.78 is 5.48. The number of carbonyl (C=O) groups excluding carboxylic acids is 1. The summed E-state index contributed by atoms with van der Waals surface area (Å²) in [7, 11) is 0. The Bertz CT molecular complexity index is 732. The monoisotopic (exact) mass is 267 g/mol. The zero-order valence-corrected chi connectivity index (χ0v) is 10.3. The number of nitro benzene ring substituents is 1. The van der Waals surface area contributed by atoms with Crippen molar-refractivity contribution in [2.75, 3.05) is 0 Å². The Hall–Kier alpha value is -2.95. The number of carbonyl (C=O) groups is 1. The maximum atomic E-state index is 12.1. The fourth-order valence-corrected chi connectivity index (χ4v) is 1.98. The van der Waals surface area contributed by atoms with Gasteiger partial charge in [-0.05, 0) is 35.9 Å². The van der Waals surface area contributed by atoms with Gasteiger partial charge in [-0.2, -0.15) is 0 Å². The molecule has 0 amide bonds. The van der Waals surface area contributed by atoms with Gasteiger partial charge in [0, 0.05) is 12.1 Å². The number of fused-ring (bicyclic) bond motifs is 1. The first-order valence-electron chi connectivity index (χ1n) is 5.93. The van der Waals surface area contributed by atoms with E-state index in [1.54, 1.807) is 42.5 Å². The molecule has 2 aromatic rings. The molecule has 98 valence electrons. The van der Waals surface area contributed by atoms with Crippen LogP contribution in [-0.2, 0) is 0 Å². The largest absolute Gasteiger partial charge is 0.452 e. The van der Waals surface area contributed by atoms with Crippen molar-refractivity contribution in [1.82, 2.24) is 0 Å². The van der Waals surface area contributed by atoms with Gasteiger partial charge in [-0.3, -0.25) is 14.9 Å². The molecule has 20 heavy (non-hydrogen) atoms. The van der Waals surface area contributed by atoms with Crippen molar-refractivity contribution in [3.05, 3.63) is 75.5 Å². The molecule has 1 aliphatic heterocycles. The van der Waals surface area contributed by atoms with E-state index in [0.29, 0.717) is 16.9 Å². The van der Waals surface area contributed by atoms with Gasteiger partial charge in [-0.15, -0.1) is 0 Å². The summed E-state index contributed by atoms with van der Waals surface area (Å²) in [6.45, 7) is 0. The number of para-hydroxylation sites is 1. The van der Waals surface area contributed by atoms with Gasteiger partial charge < -0.3 is 4.74 Å². The minimum Gasteiger partial charge on any atom is -0.452 e. The number of hydrogen-bond acceptors (Lipinski definition) is 4. The number of Topliss-reactive ketones (excluding diaryl/α,β-unsaturated/α-hetero) is 1. The van der Waals surface area contributed by atoms with Gasteiger partial charge in [0.25, 0.3) is 5.69 Å². The molecule has 0 aliphatic carbocycles. The summed E-state index contributed by atoms with van der Waals surface area (Å²) in [6.07, 6.45) is 1.58. The predicted molar refractivity (Wildman–Crippen MR) is 72.5 cm³/mol. The number of rotatable bonds is 2. The summed E-state index contributed by atoms with van der Waals surface area (Å²) in [6, 6.07) is 12.9. The van der Waals surface area contributed by atoms with Gasteiger partial charge in [0.2, 0.25) is 5.78 Å². The van der Waals surface area contributed by atoms with Crippen molar-refractivity contribution in [2.24, 2.45) is 0 Å². The minimum absolute atomic E-state index is 0.00843. The fraction of sp³-hybridized carbons (Fsp3) is 0. The van der Waals surface area contributed by atoms with Crippen LogP contribution < -0.4 is 4.74 Å². The van der Waals surface area contributed by atoms with Crippen LogP contribution in [0.2, 0.25) is 0 Å². The van der Waals surface area contributed by atoms with Gasteiger partial charge in [-0.1, -0.05) is 12.1 Å². The fourth-order valence-electron chi connectivity index (χ4n) is 1.98. The first kappa shape index (κ1) is 12.1. The molecule has 0 fully saturated rings. The van der Waals surface area contributed by atoms with E-state index < -0.39 is 4.92 Å². The minimum atomic E-state index is -0.468. The van der Waals surface area contributed by atoms with Crippen LogP contribution in [0.25, 0.3) is 6.08 Å². The van der Waals surface area contributed by atoms with Gasteiger partial charge in [0.15, 0.2) is 5.76 Å². The molecule has 1 aliphatic rings. The molecule has 0 unspecified atom stereocenters. The third-order valence-electron chi connectivity index (χ3n) is 2.98. The lowest BCUT2D eigenvalue weighted by atomic mass is 10.1. The molecule has 3 rings (SSSR count). The molecular weight excluding hydrogens is 258 g/mol. The van der Waals surface area contributed by atoms with E-state index in [4.69, 9.17) is 4.74 Å². The number of allylic oxidation sites excluding steroid dienone is 1. The van der Waals surface area contributed by atoms with Crippen molar-refractivity contribution in [2.45, 2.75) is 0 Å². The van der Waals surface area contributed by atoms with E-state index in [0.717, 1.165) is 0 Å². The zero-order chi connectivity index (χ0) is 14.1. The average molecular weight is 267 g/mol. The molecule has 5 nitrogen and oxygen atoms in total. The van der Waals surface area contributed by atoms with Crippen LogP contribution in [0.3, 0.4) is 0 Å². The first-order chi connectivity index (χ1) is 9.65. The molecule has 0 N–H and O–H groups in total. The van der Waals surface area contributed by atoms with E-state index >= 15 is 0 Å². The molecule has 0 atom stereocenters. The van der Waals surface area contributed by atoms with Crippen LogP contribution >= 0.6 is 0 Å². The zero-order valence-electron chi connectivity index (χ0n) is 10.3. The Kier molecular flexibility index (Phi) is 2.80. The molecule has 0 spiro atoms. The number of nitro groups is 1. The SMILES string of the molecule is O=C1C(=Cc2ccc([N+](=O)[O-])cc2)Oc2ccccc21. The second-order valence-corrected chi connectivity index (χ2v) is 4.28. The molecule has 0 bridgehead atoms. The molecule has 1 heterocycles. The number of nitrogens with zero attached hydrogens (tertiary/aromatic N) is 1. The number of ether oxygens (including phenoxy) is 1. The highest BCUT2D eigenvalue weighted by atomic mass is 16.6. The van der Waals surface area contributed by atoms with Gasteiger partial charge in [-0.25, -0.2) is 0 Å². The van der Waals surface area contributed by atoms with Gasteiger partial charge in [0.1, 0.15) is 5.75 Å². The Balaban J connectivity index is 1.91. The summed E-state index contributed by atoms with van der Waals surface area (Å²) in [4.78, 5) is 22.2. The highest BCUT2D eigenvalue weighted by Crippen LogP contribution is 2.31. The quantitative estimate of drug-likeness (QED) is 0.476. The van der Waals surface area contributed by atoms with Crippen molar-refractivity contribution < 1.29 is 14.5 Å². The number of non-ortho nitro benzene ring substituents is 1. The Morgan fingerprint density at radius 3 is 2.40 bits per heavy atom. The van der Waals surface area contributed by atoms with E-state index in [9.17, 15) is 14.9 Å². The van der Waals surface area contributed by atoms with E-state index in [1.807, 2.05) is 0 Å². The smallest absolute Gasteiger partial charge is 0.269 e. The van der Waals surface area contributed by atoms with Crippen LogP contribution in [0, 0.1) is 10.1 Å². The van der Waals surface area contributed by atoms with E-state index in [2.05, 4.69) is 0 Å². The van der Waals surface area contributed by atoms with Crippen LogP contribution in [0.4, 0.5) is 5.69 Å². The first-order valence-corrected chi connectivity index (χ1v) is 5.93. The van der Waals surface area contributed by atoms with Crippen molar-refractivity contribution in [1.29, 1.82) is 0 Å².